The number of aromatic nitrogens is 2. The van der Waals surface area contributed by atoms with Gasteiger partial charge in [0, 0.05) is 44.6 Å². The molecular weight excluding hydrogens is 431 g/mol. The summed E-state index contributed by atoms with van der Waals surface area (Å²) in [5.74, 6) is -0.511. The van der Waals surface area contributed by atoms with Gasteiger partial charge >= 0.3 is 0 Å². The van der Waals surface area contributed by atoms with Crippen molar-refractivity contribution in [1.29, 1.82) is 0 Å². The standard InChI is InChI=1S/C19H23FN4O4S2/c1-14-11-15(3-4-16(14)20)30(27,28)18-13-29(25,26)12-17(18)23-7-9-24(10-8-23)19-21-5-2-6-22-19/h2-6,11,17-18H,7-10,12-13H2,1H3/t17-,18-/m0/s1. The Morgan fingerprint density at radius 3 is 2.37 bits per heavy atom. The molecule has 2 aliphatic heterocycles. The molecule has 0 radical (unpaired) electrons. The van der Waals surface area contributed by atoms with Crippen LogP contribution in [0.2, 0.25) is 0 Å². The Morgan fingerprint density at radius 1 is 1.07 bits per heavy atom. The van der Waals surface area contributed by atoms with Gasteiger partial charge in [0.05, 0.1) is 21.7 Å². The summed E-state index contributed by atoms with van der Waals surface area (Å²) in [6.07, 6.45) is 3.32. The van der Waals surface area contributed by atoms with Crippen molar-refractivity contribution in [3.05, 3.63) is 48.0 Å². The van der Waals surface area contributed by atoms with E-state index >= 15 is 0 Å². The normalized spacial score (nSPS) is 24.8. The molecule has 2 saturated heterocycles. The molecular formula is C19H23FN4O4S2. The zero-order valence-electron chi connectivity index (χ0n) is 16.5. The quantitative estimate of drug-likeness (QED) is 0.622. The van der Waals surface area contributed by atoms with E-state index < -0.39 is 42.5 Å². The minimum atomic E-state index is -3.94. The number of rotatable bonds is 4. The molecule has 0 N–H and O–H groups in total. The third-order valence-corrected chi connectivity index (χ3v) is 9.86. The Balaban J connectivity index is 1.57. The second kappa shape index (κ2) is 7.86. The molecule has 0 aliphatic carbocycles. The summed E-state index contributed by atoms with van der Waals surface area (Å²) >= 11 is 0. The third-order valence-electron chi connectivity index (χ3n) is 5.75. The van der Waals surface area contributed by atoms with E-state index in [1.807, 2.05) is 9.80 Å². The summed E-state index contributed by atoms with van der Waals surface area (Å²) in [7, 11) is -7.44. The minimum absolute atomic E-state index is 0.0372. The van der Waals surface area contributed by atoms with Crippen molar-refractivity contribution in [3.8, 4) is 0 Å². The Labute approximate surface area is 175 Å². The van der Waals surface area contributed by atoms with Gasteiger partial charge in [-0.25, -0.2) is 31.2 Å². The first-order valence-corrected chi connectivity index (χ1v) is 13.0. The lowest BCUT2D eigenvalue weighted by atomic mass is 10.2. The van der Waals surface area contributed by atoms with E-state index in [-0.39, 0.29) is 16.2 Å². The number of sulfone groups is 2. The van der Waals surface area contributed by atoms with Crippen LogP contribution in [0.4, 0.5) is 10.3 Å². The van der Waals surface area contributed by atoms with Crippen molar-refractivity contribution < 1.29 is 21.2 Å². The van der Waals surface area contributed by atoms with Gasteiger partial charge in [-0.1, -0.05) is 0 Å². The molecule has 2 atom stereocenters. The van der Waals surface area contributed by atoms with Crippen LogP contribution >= 0.6 is 0 Å². The predicted octanol–water partition coefficient (Wildman–Crippen LogP) is 0.686. The highest BCUT2D eigenvalue weighted by Gasteiger charge is 2.48. The lowest BCUT2D eigenvalue weighted by Crippen LogP contribution is -2.55. The van der Waals surface area contributed by atoms with Crippen molar-refractivity contribution >= 4 is 25.6 Å². The average molecular weight is 455 g/mol. The first-order chi connectivity index (χ1) is 14.2. The maximum atomic E-state index is 13.6. The van der Waals surface area contributed by atoms with Gasteiger partial charge in [0.2, 0.25) is 5.95 Å². The number of hydrogen-bond acceptors (Lipinski definition) is 8. The van der Waals surface area contributed by atoms with Crippen LogP contribution < -0.4 is 4.90 Å². The van der Waals surface area contributed by atoms with Gasteiger partial charge in [-0.2, -0.15) is 0 Å². The van der Waals surface area contributed by atoms with Gasteiger partial charge in [-0.3, -0.25) is 4.90 Å². The minimum Gasteiger partial charge on any atom is -0.338 e. The summed E-state index contributed by atoms with van der Waals surface area (Å²) in [6, 6.07) is 4.70. The van der Waals surface area contributed by atoms with Crippen LogP contribution in [0.25, 0.3) is 0 Å². The summed E-state index contributed by atoms with van der Waals surface area (Å²) < 4.78 is 65.0. The van der Waals surface area contributed by atoms with Crippen LogP contribution in [0, 0.1) is 12.7 Å². The Hall–Kier alpha value is -2.11. The number of aryl methyl sites for hydroxylation is 1. The highest BCUT2D eigenvalue weighted by molar-refractivity contribution is 7.96. The third kappa shape index (κ3) is 4.06. The van der Waals surface area contributed by atoms with Gasteiger partial charge in [0.1, 0.15) is 5.82 Å². The largest absolute Gasteiger partial charge is 0.338 e. The number of benzene rings is 1. The molecule has 2 aromatic rings. The van der Waals surface area contributed by atoms with Crippen LogP contribution in [0.1, 0.15) is 5.56 Å². The zero-order chi connectivity index (χ0) is 21.5. The zero-order valence-corrected chi connectivity index (χ0v) is 18.1. The number of halogens is 1. The number of hydrogen-bond donors (Lipinski definition) is 0. The smallest absolute Gasteiger partial charge is 0.225 e. The van der Waals surface area contributed by atoms with Gasteiger partial charge in [-0.05, 0) is 36.8 Å². The highest BCUT2D eigenvalue weighted by atomic mass is 32.2. The van der Waals surface area contributed by atoms with E-state index in [0.717, 1.165) is 6.07 Å². The Kier molecular flexibility index (Phi) is 5.54. The van der Waals surface area contributed by atoms with Gasteiger partial charge < -0.3 is 4.90 Å². The lowest BCUT2D eigenvalue weighted by molar-refractivity contribution is 0.201. The molecule has 2 aliphatic rings. The van der Waals surface area contributed by atoms with E-state index in [1.54, 1.807) is 18.5 Å². The Bertz CT molecular complexity index is 1130. The maximum absolute atomic E-state index is 13.6. The summed E-state index contributed by atoms with van der Waals surface area (Å²) in [6.45, 7) is 3.65. The topological polar surface area (TPSA) is 101 Å². The molecule has 30 heavy (non-hydrogen) atoms. The lowest BCUT2D eigenvalue weighted by Gasteiger charge is -2.39. The van der Waals surface area contributed by atoms with Crippen molar-refractivity contribution in [3.63, 3.8) is 0 Å². The van der Waals surface area contributed by atoms with Crippen LogP contribution in [-0.2, 0) is 19.7 Å². The molecule has 0 amide bonds. The summed E-state index contributed by atoms with van der Waals surface area (Å²) in [5.41, 5.74) is 0.213. The molecule has 0 unspecified atom stereocenters. The number of nitrogens with zero attached hydrogens (tertiary/aromatic N) is 4. The monoisotopic (exact) mass is 454 g/mol. The molecule has 8 nitrogen and oxygen atoms in total. The van der Waals surface area contributed by atoms with E-state index in [2.05, 4.69) is 9.97 Å². The first kappa shape index (κ1) is 21.1. The molecule has 0 spiro atoms. The molecule has 11 heteroatoms. The van der Waals surface area contributed by atoms with Crippen LogP contribution in [0.3, 0.4) is 0 Å². The van der Waals surface area contributed by atoms with Crippen molar-refractivity contribution in [2.45, 2.75) is 23.1 Å². The van der Waals surface area contributed by atoms with Crippen molar-refractivity contribution in [1.82, 2.24) is 14.9 Å². The average Bonchev–Trinajstić information content (AvgIpc) is 3.07. The maximum Gasteiger partial charge on any atom is 0.225 e. The van der Waals surface area contributed by atoms with Crippen LogP contribution in [-0.4, -0.2) is 80.7 Å². The highest BCUT2D eigenvalue weighted by Crippen LogP contribution is 2.30. The van der Waals surface area contributed by atoms with Crippen LogP contribution in [0.5, 0.6) is 0 Å². The van der Waals surface area contributed by atoms with Gasteiger partial charge in [-0.15, -0.1) is 0 Å². The van der Waals surface area contributed by atoms with Crippen molar-refractivity contribution in [2.24, 2.45) is 0 Å². The predicted molar refractivity (Wildman–Crippen MR) is 110 cm³/mol. The fourth-order valence-corrected chi connectivity index (χ4v) is 9.02. The molecule has 0 saturated carbocycles. The molecule has 162 valence electrons. The van der Waals surface area contributed by atoms with Gasteiger partial charge in [0.15, 0.2) is 19.7 Å². The van der Waals surface area contributed by atoms with E-state index in [9.17, 15) is 21.2 Å². The number of anilines is 1. The molecule has 1 aromatic carbocycles. The van der Waals surface area contributed by atoms with Crippen molar-refractivity contribution in [2.75, 3.05) is 42.6 Å². The molecule has 3 heterocycles. The SMILES string of the molecule is Cc1cc(S(=O)(=O)[C@H]2CS(=O)(=O)C[C@@H]2N2CCN(c3ncccn3)CC2)ccc1F. The second-order valence-electron chi connectivity index (χ2n) is 7.71. The molecule has 2 fully saturated rings. The Morgan fingerprint density at radius 2 is 1.73 bits per heavy atom. The summed E-state index contributed by atoms with van der Waals surface area (Å²) in [5, 5.41) is -1.08. The molecule has 4 rings (SSSR count). The fraction of sp³-hybridized carbons (Fsp3) is 0.474. The molecule has 0 bridgehead atoms. The fourth-order valence-electron chi connectivity index (χ4n) is 4.11. The van der Waals surface area contributed by atoms with Crippen LogP contribution in [0.15, 0.2) is 41.6 Å². The molecule has 1 aromatic heterocycles. The van der Waals surface area contributed by atoms with E-state index in [1.165, 1.54) is 19.1 Å². The first-order valence-electron chi connectivity index (χ1n) is 9.64. The summed E-state index contributed by atoms with van der Waals surface area (Å²) in [4.78, 5) is 12.4. The van der Waals surface area contributed by atoms with Gasteiger partial charge in [0.25, 0.3) is 0 Å². The number of piperazine rings is 1. The van der Waals surface area contributed by atoms with E-state index in [4.69, 9.17) is 0 Å². The second-order valence-corrected chi connectivity index (χ2v) is 12.0. The van der Waals surface area contributed by atoms with E-state index in [0.29, 0.717) is 32.1 Å².